The maximum Gasteiger partial charge on any atom is 0.222 e. The van der Waals surface area contributed by atoms with Gasteiger partial charge in [0, 0.05) is 29.8 Å². The highest BCUT2D eigenvalue weighted by Gasteiger charge is 2.17. The van der Waals surface area contributed by atoms with Crippen LogP contribution in [-0.2, 0) is 13.0 Å². The smallest absolute Gasteiger partial charge is 0.222 e. The van der Waals surface area contributed by atoms with Crippen molar-refractivity contribution in [2.75, 3.05) is 18.2 Å². The van der Waals surface area contributed by atoms with Gasteiger partial charge in [0.15, 0.2) is 0 Å². The lowest BCUT2D eigenvalue weighted by Gasteiger charge is -2.21. The van der Waals surface area contributed by atoms with E-state index in [0.29, 0.717) is 19.1 Å². The molecule has 170 valence electrons. The molecule has 6 nitrogen and oxygen atoms in total. The van der Waals surface area contributed by atoms with E-state index < -0.39 is 0 Å². The topological polar surface area (TPSA) is 82.3 Å². The van der Waals surface area contributed by atoms with E-state index in [0.717, 1.165) is 59.0 Å². The van der Waals surface area contributed by atoms with Gasteiger partial charge in [-0.25, -0.2) is 4.98 Å². The predicted molar refractivity (Wildman–Crippen MR) is 130 cm³/mol. The Morgan fingerprint density at radius 1 is 1.06 bits per heavy atom. The van der Waals surface area contributed by atoms with Gasteiger partial charge >= 0.3 is 0 Å². The van der Waals surface area contributed by atoms with Crippen LogP contribution in [0.2, 0.25) is 0 Å². The molecule has 0 saturated carbocycles. The molecule has 0 radical (unpaired) electrons. The van der Waals surface area contributed by atoms with Gasteiger partial charge in [-0.3, -0.25) is 0 Å². The second-order valence-corrected chi connectivity index (χ2v) is 7.96. The summed E-state index contributed by atoms with van der Waals surface area (Å²) >= 11 is 0. The number of hydrogen-bond acceptors (Lipinski definition) is 6. The van der Waals surface area contributed by atoms with E-state index in [1.165, 1.54) is 0 Å². The highest BCUT2D eigenvalue weighted by atomic mass is 16.5. The van der Waals surface area contributed by atoms with Crippen LogP contribution in [0.25, 0.3) is 0 Å². The number of ether oxygens (including phenoxy) is 2. The fraction of sp³-hybridized carbons (Fsp3) is 0.385. The van der Waals surface area contributed by atoms with Gasteiger partial charge in [-0.2, -0.15) is 4.98 Å². The molecule has 0 bridgehead atoms. The zero-order valence-corrected chi connectivity index (χ0v) is 19.5. The molecular weight excluding hydrogens is 400 g/mol. The second-order valence-electron chi connectivity index (χ2n) is 7.96. The maximum absolute atomic E-state index is 5.97. The molecule has 0 fully saturated rings. The number of benzene rings is 2. The maximum atomic E-state index is 5.97. The number of anilines is 2. The molecule has 6 heteroatoms. The first-order chi connectivity index (χ1) is 15.5. The quantitative estimate of drug-likeness (QED) is 0.412. The van der Waals surface area contributed by atoms with E-state index in [1.54, 1.807) is 7.11 Å². The molecule has 0 aliphatic carbocycles. The molecule has 32 heavy (non-hydrogen) atoms. The van der Waals surface area contributed by atoms with E-state index in [2.05, 4.69) is 29.1 Å². The van der Waals surface area contributed by atoms with Gasteiger partial charge in [0.05, 0.1) is 7.11 Å². The third-order valence-corrected chi connectivity index (χ3v) is 5.58. The molecule has 0 spiro atoms. The SMILES string of the molecule is CCC[C@H](CC)Nc1nc(N)nc(C)c1Cc1ccc(OCc2ccccc2)cc1OC. The number of hydrogen-bond donors (Lipinski definition) is 2. The highest BCUT2D eigenvalue weighted by molar-refractivity contribution is 5.54. The molecule has 1 atom stereocenters. The number of aromatic nitrogens is 2. The lowest BCUT2D eigenvalue weighted by Crippen LogP contribution is -2.21. The Morgan fingerprint density at radius 2 is 1.84 bits per heavy atom. The van der Waals surface area contributed by atoms with Crippen LogP contribution < -0.4 is 20.5 Å². The molecule has 0 aliphatic heterocycles. The van der Waals surface area contributed by atoms with Crippen molar-refractivity contribution in [3.8, 4) is 11.5 Å². The molecule has 2 aromatic carbocycles. The van der Waals surface area contributed by atoms with Gasteiger partial charge < -0.3 is 20.5 Å². The number of aryl methyl sites for hydroxylation is 1. The van der Waals surface area contributed by atoms with Crippen molar-refractivity contribution in [2.24, 2.45) is 0 Å². The van der Waals surface area contributed by atoms with Gasteiger partial charge in [-0.05, 0) is 37.0 Å². The largest absolute Gasteiger partial charge is 0.496 e. The monoisotopic (exact) mass is 434 g/mol. The summed E-state index contributed by atoms with van der Waals surface area (Å²) in [5.41, 5.74) is 10.0. The van der Waals surface area contributed by atoms with Crippen molar-refractivity contribution in [1.29, 1.82) is 0 Å². The summed E-state index contributed by atoms with van der Waals surface area (Å²) in [6, 6.07) is 16.4. The molecule has 0 aliphatic rings. The van der Waals surface area contributed by atoms with Crippen LogP contribution in [0.15, 0.2) is 48.5 Å². The average Bonchev–Trinajstić information content (AvgIpc) is 2.80. The number of nitrogens with zero attached hydrogens (tertiary/aromatic N) is 2. The third kappa shape index (κ3) is 6.13. The summed E-state index contributed by atoms with van der Waals surface area (Å²) in [7, 11) is 1.68. The first-order valence-corrected chi connectivity index (χ1v) is 11.3. The molecule has 3 aromatic rings. The Labute approximate surface area is 191 Å². The van der Waals surface area contributed by atoms with Crippen molar-refractivity contribution in [3.05, 3.63) is 70.9 Å². The van der Waals surface area contributed by atoms with Crippen molar-refractivity contribution in [1.82, 2.24) is 9.97 Å². The third-order valence-electron chi connectivity index (χ3n) is 5.58. The molecule has 3 N–H and O–H groups in total. The number of nitrogens with two attached hydrogens (primary N) is 1. The number of nitrogen functional groups attached to an aromatic ring is 1. The predicted octanol–water partition coefficient (Wildman–Crippen LogP) is 5.54. The first-order valence-electron chi connectivity index (χ1n) is 11.3. The summed E-state index contributed by atoms with van der Waals surface area (Å²) in [6.45, 7) is 6.86. The first kappa shape index (κ1) is 23.4. The van der Waals surface area contributed by atoms with Crippen LogP contribution >= 0.6 is 0 Å². The van der Waals surface area contributed by atoms with Crippen LogP contribution in [0, 0.1) is 6.92 Å². The van der Waals surface area contributed by atoms with E-state index >= 15 is 0 Å². The minimum atomic E-state index is 0.289. The van der Waals surface area contributed by atoms with Crippen molar-refractivity contribution < 1.29 is 9.47 Å². The highest BCUT2D eigenvalue weighted by Crippen LogP contribution is 2.30. The Kier molecular flexibility index (Phi) is 8.31. The Bertz CT molecular complexity index is 1010. The van der Waals surface area contributed by atoms with E-state index in [1.807, 2.05) is 55.5 Å². The van der Waals surface area contributed by atoms with Crippen molar-refractivity contribution in [2.45, 2.75) is 59.1 Å². The molecule has 1 aromatic heterocycles. The minimum Gasteiger partial charge on any atom is -0.496 e. The van der Waals surface area contributed by atoms with E-state index in [4.69, 9.17) is 15.2 Å². The standard InChI is InChI=1S/C26H34N4O2/c1-5-10-21(6-2)29-25-23(18(3)28-26(27)30-25)15-20-13-14-22(16-24(20)31-4)32-17-19-11-8-7-9-12-19/h7-9,11-14,16,21H,5-6,10,15,17H2,1-4H3,(H3,27,28,29,30)/t21-/m0/s1. The van der Waals surface area contributed by atoms with E-state index in [-0.39, 0.29) is 5.95 Å². The molecule has 1 heterocycles. The van der Waals surface area contributed by atoms with Gasteiger partial charge in [0.2, 0.25) is 5.95 Å². The van der Waals surface area contributed by atoms with E-state index in [9.17, 15) is 0 Å². The van der Waals surface area contributed by atoms with Crippen molar-refractivity contribution in [3.63, 3.8) is 0 Å². The molecule has 3 rings (SSSR count). The molecular formula is C26H34N4O2. The van der Waals surface area contributed by atoms with Crippen LogP contribution in [0.4, 0.5) is 11.8 Å². The lowest BCUT2D eigenvalue weighted by molar-refractivity contribution is 0.303. The summed E-state index contributed by atoms with van der Waals surface area (Å²) < 4.78 is 11.7. The van der Waals surface area contributed by atoms with Gasteiger partial charge in [-0.15, -0.1) is 0 Å². The molecule has 0 unspecified atom stereocenters. The number of methoxy groups -OCH3 is 1. The minimum absolute atomic E-state index is 0.289. The fourth-order valence-corrected chi connectivity index (χ4v) is 3.76. The summed E-state index contributed by atoms with van der Waals surface area (Å²) in [5.74, 6) is 2.64. The second kappa shape index (κ2) is 11.4. The summed E-state index contributed by atoms with van der Waals surface area (Å²) in [4.78, 5) is 8.93. The zero-order chi connectivity index (χ0) is 22.9. The average molecular weight is 435 g/mol. The number of rotatable bonds is 11. The summed E-state index contributed by atoms with van der Waals surface area (Å²) in [6.07, 6.45) is 3.85. The van der Waals surface area contributed by atoms with Crippen molar-refractivity contribution >= 4 is 11.8 Å². The van der Waals surface area contributed by atoms with Crippen LogP contribution in [0.5, 0.6) is 11.5 Å². The number of nitrogens with one attached hydrogen (secondary N) is 1. The normalized spacial score (nSPS) is 11.8. The zero-order valence-electron chi connectivity index (χ0n) is 19.5. The van der Waals surface area contributed by atoms with Gasteiger partial charge in [0.25, 0.3) is 0 Å². The summed E-state index contributed by atoms with van der Waals surface area (Å²) in [5, 5.41) is 3.59. The van der Waals surface area contributed by atoms with Gasteiger partial charge in [0.1, 0.15) is 23.9 Å². The lowest BCUT2D eigenvalue weighted by atomic mass is 10.0. The van der Waals surface area contributed by atoms with Crippen LogP contribution in [-0.4, -0.2) is 23.1 Å². The van der Waals surface area contributed by atoms with Gasteiger partial charge in [-0.1, -0.05) is 56.7 Å². The fourth-order valence-electron chi connectivity index (χ4n) is 3.76. The van der Waals surface area contributed by atoms with Crippen LogP contribution in [0.1, 0.15) is 55.5 Å². The van der Waals surface area contributed by atoms with Crippen LogP contribution in [0.3, 0.4) is 0 Å². The Balaban J connectivity index is 1.82. The molecule has 0 amide bonds. The Hall–Kier alpha value is -3.28. The molecule has 0 saturated heterocycles. The Morgan fingerprint density at radius 3 is 2.53 bits per heavy atom.